The van der Waals surface area contributed by atoms with Crippen LogP contribution in [-0.4, -0.2) is 84.2 Å². The zero-order valence-corrected chi connectivity index (χ0v) is 18.3. The van der Waals surface area contributed by atoms with E-state index >= 15 is 0 Å². The van der Waals surface area contributed by atoms with Crippen molar-refractivity contribution in [1.82, 2.24) is 19.3 Å². The van der Waals surface area contributed by atoms with Crippen LogP contribution in [0, 0.1) is 5.41 Å². The van der Waals surface area contributed by atoms with E-state index in [0.717, 1.165) is 45.7 Å². The minimum atomic E-state index is 0.0488. The Labute approximate surface area is 179 Å². The van der Waals surface area contributed by atoms with Gasteiger partial charge < -0.3 is 14.2 Å². The van der Waals surface area contributed by atoms with Crippen LogP contribution in [0.2, 0.25) is 0 Å². The summed E-state index contributed by atoms with van der Waals surface area (Å²) in [6.07, 6.45) is 5.68. The fourth-order valence-electron chi connectivity index (χ4n) is 5.88. The first-order chi connectivity index (χ1) is 14.5. The largest absolute Gasteiger partial charge is 0.378 e. The van der Waals surface area contributed by atoms with Crippen molar-refractivity contribution in [2.24, 2.45) is 12.5 Å². The molecule has 3 aliphatic rings. The van der Waals surface area contributed by atoms with E-state index in [4.69, 9.17) is 4.74 Å². The molecule has 1 spiro atoms. The van der Waals surface area contributed by atoms with Gasteiger partial charge in [-0.3, -0.25) is 14.6 Å². The molecule has 1 unspecified atom stereocenters. The highest BCUT2D eigenvalue weighted by Crippen LogP contribution is 2.43. The summed E-state index contributed by atoms with van der Waals surface area (Å²) in [5, 5.41) is 1.37. The van der Waals surface area contributed by atoms with E-state index in [-0.39, 0.29) is 6.04 Å². The Bertz CT molecular complexity index is 909. The zero-order chi connectivity index (χ0) is 20.7. The van der Waals surface area contributed by atoms with Gasteiger partial charge in [0.15, 0.2) is 0 Å². The number of carbonyl (C=O) groups is 1. The van der Waals surface area contributed by atoms with Gasteiger partial charge in [0.1, 0.15) is 0 Å². The molecule has 1 amide bonds. The standard InChI is InChI=1S/C24H34N4O2/c1-25-16-19(20-5-3-4-6-21(20)25)17-27-9-7-24(8-10-27)15-22(26(2)18-24)23(29)28-11-13-30-14-12-28/h3-6,16,22H,7-15,17-18H2,1-2H3. The van der Waals surface area contributed by atoms with Crippen molar-refractivity contribution in [2.45, 2.75) is 31.8 Å². The lowest BCUT2D eigenvalue weighted by molar-refractivity contribution is -0.139. The summed E-state index contributed by atoms with van der Waals surface area (Å²) in [5.74, 6) is 0.316. The molecule has 6 heteroatoms. The molecule has 5 rings (SSSR count). The third-order valence-corrected chi connectivity index (χ3v) is 7.64. The van der Waals surface area contributed by atoms with Crippen LogP contribution in [0.15, 0.2) is 30.5 Å². The van der Waals surface area contributed by atoms with Crippen molar-refractivity contribution in [3.63, 3.8) is 0 Å². The monoisotopic (exact) mass is 410 g/mol. The Balaban J connectivity index is 1.21. The normalized spacial score (nSPS) is 25.4. The summed E-state index contributed by atoms with van der Waals surface area (Å²) < 4.78 is 7.66. The second-order valence-corrected chi connectivity index (χ2v) is 9.63. The van der Waals surface area contributed by atoms with Crippen molar-refractivity contribution in [3.05, 3.63) is 36.0 Å². The SMILES string of the molecule is CN1CC2(CCN(Cc3cn(C)c4ccccc34)CC2)CC1C(=O)N1CCOCC1. The Hall–Kier alpha value is -1.89. The van der Waals surface area contributed by atoms with E-state index in [1.165, 1.54) is 29.3 Å². The molecule has 30 heavy (non-hydrogen) atoms. The predicted octanol–water partition coefficient (Wildman–Crippen LogP) is 2.32. The lowest BCUT2D eigenvalue weighted by Crippen LogP contribution is -2.48. The third-order valence-electron chi connectivity index (χ3n) is 7.64. The molecule has 0 bridgehead atoms. The maximum atomic E-state index is 13.1. The number of hydrogen-bond acceptors (Lipinski definition) is 4. The fourth-order valence-corrected chi connectivity index (χ4v) is 5.88. The molecule has 3 fully saturated rings. The average Bonchev–Trinajstić information content (AvgIpc) is 3.27. The van der Waals surface area contributed by atoms with Gasteiger partial charge in [-0.15, -0.1) is 0 Å². The van der Waals surface area contributed by atoms with Crippen LogP contribution >= 0.6 is 0 Å². The quantitative estimate of drug-likeness (QED) is 0.779. The first-order valence-corrected chi connectivity index (χ1v) is 11.4. The topological polar surface area (TPSA) is 41.0 Å². The summed E-state index contributed by atoms with van der Waals surface area (Å²) in [7, 11) is 4.28. The van der Waals surface area contributed by atoms with Crippen LogP contribution in [0.4, 0.5) is 0 Å². The van der Waals surface area contributed by atoms with Gasteiger partial charge in [-0.05, 0) is 56.4 Å². The molecule has 3 saturated heterocycles. The summed E-state index contributed by atoms with van der Waals surface area (Å²) >= 11 is 0. The second-order valence-electron chi connectivity index (χ2n) is 9.63. The van der Waals surface area contributed by atoms with Gasteiger partial charge in [0.05, 0.1) is 19.3 Å². The van der Waals surface area contributed by atoms with Crippen molar-refractivity contribution >= 4 is 16.8 Å². The lowest BCUT2D eigenvalue weighted by Gasteiger charge is -2.39. The van der Waals surface area contributed by atoms with Gasteiger partial charge in [-0.2, -0.15) is 0 Å². The Morgan fingerprint density at radius 1 is 1.10 bits per heavy atom. The number of carbonyl (C=O) groups excluding carboxylic acids is 1. The molecule has 1 aromatic heterocycles. The number of hydrogen-bond donors (Lipinski definition) is 0. The average molecular weight is 411 g/mol. The molecule has 6 nitrogen and oxygen atoms in total. The van der Waals surface area contributed by atoms with E-state index in [9.17, 15) is 4.79 Å². The van der Waals surface area contributed by atoms with Crippen molar-refractivity contribution in [3.8, 4) is 0 Å². The van der Waals surface area contributed by atoms with E-state index in [0.29, 0.717) is 24.5 Å². The second kappa shape index (κ2) is 7.98. The van der Waals surface area contributed by atoms with Crippen LogP contribution < -0.4 is 0 Å². The van der Waals surface area contributed by atoms with Gasteiger partial charge in [0.2, 0.25) is 5.91 Å². The number of morpholine rings is 1. The third kappa shape index (κ3) is 3.66. The summed E-state index contributed by atoms with van der Waals surface area (Å²) in [6.45, 7) is 7.15. The Morgan fingerprint density at radius 2 is 1.83 bits per heavy atom. The summed E-state index contributed by atoms with van der Waals surface area (Å²) in [5.41, 5.74) is 3.03. The predicted molar refractivity (Wildman–Crippen MR) is 118 cm³/mol. The number of rotatable bonds is 3. The molecule has 0 N–H and O–H groups in total. The zero-order valence-electron chi connectivity index (χ0n) is 18.3. The number of nitrogens with zero attached hydrogens (tertiary/aromatic N) is 4. The Morgan fingerprint density at radius 3 is 2.60 bits per heavy atom. The molecule has 0 radical (unpaired) electrons. The highest BCUT2D eigenvalue weighted by molar-refractivity contribution is 5.84. The molecule has 1 aromatic carbocycles. The van der Waals surface area contributed by atoms with Gasteiger partial charge in [-0.25, -0.2) is 0 Å². The number of ether oxygens (including phenoxy) is 1. The van der Waals surface area contributed by atoms with Gasteiger partial charge >= 0.3 is 0 Å². The van der Waals surface area contributed by atoms with E-state index in [2.05, 4.69) is 58.9 Å². The smallest absolute Gasteiger partial charge is 0.240 e. The van der Waals surface area contributed by atoms with Crippen LogP contribution in [-0.2, 0) is 23.1 Å². The molecular formula is C24H34N4O2. The number of fused-ring (bicyclic) bond motifs is 1. The van der Waals surface area contributed by atoms with Crippen LogP contribution in [0.5, 0.6) is 0 Å². The van der Waals surface area contributed by atoms with Gasteiger partial charge in [0.25, 0.3) is 0 Å². The van der Waals surface area contributed by atoms with Crippen molar-refractivity contribution in [1.29, 1.82) is 0 Å². The number of aromatic nitrogens is 1. The fraction of sp³-hybridized carbons (Fsp3) is 0.625. The maximum absolute atomic E-state index is 13.1. The maximum Gasteiger partial charge on any atom is 0.240 e. The first kappa shape index (κ1) is 20.0. The molecule has 162 valence electrons. The number of piperidine rings is 1. The number of benzene rings is 1. The van der Waals surface area contributed by atoms with Crippen LogP contribution in [0.1, 0.15) is 24.8 Å². The molecule has 1 atom stereocenters. The number of likely N-dealkylation sites (tertiary alicyclic amines) is 2. The lowest BCUT2D eigenvalue weighted by atomic mass is 9.76. The number of likely N-dealkylation sites (N-methyl/N-ethyl adjacent to an activating group) is 1. The molecule has 4 heterocycles. The minimum Gasteiger partial charge on any atom is -0.378 e. The van der Waals surface area contributed by atoms with Crippen molar-refractivity contribution < 1.29 is 9.53 Å². The van der Waals surface area contributed by atoms with E-state index in [1.807, 2.05) is 4.90 Å². The Kier molecular flexibility index (Phi) is 5.33. The van der Waals surface area contributed by atoms with E-state index < -0.39 is 0 Å². The summed E-state index contributed by atoms with van der Waals surface area (Å²) in [4.78, 5) is 20.0. The number of aryl methyl sites for hydroxylation is 1. The molecular weight excluding hydrogens is 376 g/mol. The van der Waals surface area contributed by atoms with E-state index in [1.54, 1.807) is 0 Å². The molecule has 3 aliphatic heterocycles. The number of amides is 1. The van der Waals surface area contributed by atoms with Gasteiger partial charge in [0, 0.05) is 50.3 Å². The highest BCUT2D eigenvalue weighted by atomic mass is 16.5. The number of para-hydroxylation sites is 1. The minimum absolute atomic E-state index is 0.0488. The molecule has 0 saturated carbocycles. The molecule has 0 aliphatic carbocycles. The van der Waals surface area contributed by atoms with Crippen molar-refractivity contribution in [2.75, 3.05) is 53.0 Å². The van der Waals surface area contributed by atoms with Crippen LogP contribution in [0.25, 0.3) is 10.9 Å². The van der Waals surface area contributed by atoms with Gasteiger partial charge in [-0.1, -0.05) is 18.2 Å². The first-order valence-electron chi connectivity index (χ1n) is 11.4. The molecule has 2 aromatic rings. The van der Waals surface area contributed by atoms with Crippen LogP contribution in [0.3, 0.4) is 0 Å². The summed E-state index contributed by atoms with van der Waals surface area (Å²) in [6, 6.07) is 8.74. The highest BCUT2D eigenvalue weighted by Gasteiger charge is 2.47.